The molecule has 7 heteroatoms. The molecule has 0 unspecified atom stereocenters. The molecular formula is C18H13N3O3S. The molecule has 1 amide bonds. The molecule has 6 nitrogen and oxygen atoms in total. The third kappa shape index (κ3) is 4.19. The number of aromatic nitrogens is 1. The second-order valence-corrected chi connectivity index (χ2v) is 6.08. The summed E-state index contributed by atoms with van der Waals surface area (Å²) < 4.78 is 5.93. The maximum Gasteiger partial charge on any atom is 0.338 e. The van der Waals surface area contributed by atoms with E-state index in [2.05, 4.69) is 16.4 Å². The number of carbonyl (C=O) groups excluding carboxylic acids is 2. The molecule has 1 heterocycles. The minimum Gasteiger partial charge on any atom is -0.452 e. The highest BCUT2D eigenvalue weighted by molar-refractivity contribution is 7.16. The van der Waals surface area contributed by atoms with Gasteiger partial charge in [-0.3, -0.25) is 4.79 Å². The maximum atomic E-state index is 12.0. The van der Waals surface area contributed by atoms with Crippen LogP contribution in [0, 0.1) is 11.3 Å². The molecule has 3 rings (SSSR count). The fourth-order valence-corrected chi connectivity index (χ4v) is 2.91. The molecule has 1 aromatic heterocycles. The number of ether oxygens (including phenoxy) is 1. The van der Waals surface area contributed by atoms with Gasteiger partial charge in [-0.15, -0.1) is 11.3 Å². The number of nitriles is 1. The van der Waals surface area contributed by atoms with Crippen LogP contribution in [-0.4, -0.2) is 23.5 Å². The molecular weight excluding hydrogens is 338 g/mol. The van der Waals surface area contributed by atoms with Gasteiger partial charge in [0.05, 0.1) is 33.8 Å². The van der Waals surface area contributed by atoms with E-state index in [4.69, 9.17) is 10.00 Å². The molecule has 0 aliphatic heterocycles. The van der Waals surface area contributed by atoms with Crippen LogP contribution < -0.4 is 5.32 Å². The lowest BCUT2D eigenvalue weighted by molar-refractivity contribution is -0.119. The Balaban J connectivity index is 1.54. The summed E-state index contributed by atoms with van der Waals surface area (Å²) in [4.78, 5) is 28.1. The number of nitrogens with one attached hydrogen (secondary N) is 1. The number of thiazole rings is 1. The van der Waals surface area contributed by atoms with Crippen molar-refractivity contribution in [2.24, 2.45) is 0 Å². The summed E-state index contributed by atoms with van der Waals surface area (Å²) in [5, 5.41) is 11.3. The lowest BCUT2D eigenvalue weighted by atomic mass is 10.1. The Morgan fingerprint density at radius 2 is 2.00 bits per heavy atom. The summed E-state index contributed by atoms with van der Waals surface area (Å²) in [5.74, 6) is -0.991. The van der Waals surface area contributed by atoms with Crippen molar-refractivity contribution in [3.8, 4) is 6.07 Å². The quantitative estimate of drug-likeness (QED) is 0.713. The zero-order valence-electron chi connectivity index (χ0n) is 13.1. The molecule has 0 fully saturated rings. The number of benzene rings is 2. The minimum absolute atomic E-state index is 0.315. The molecule has 124 valence electrons. The van der Waals surface area contributed by atoms with Crippen molar-refractivity contribution < 1.29 is 14.3 Å². The Kier molecular flexibility index (Phi) is 5.02. The zero-order valence-corrected chi connectivity index (χ0v) is 13.9. The number of carbonyl (C=O) groups is 2. The van der Waals surface area contributed by atoms with Crippen molar-refractivity contribution >= 4 is 39.1 Å². The first-order chi connectivity index (χ1) is 12.2. The number of anilines is 1. The second-order valence-electron chi connectivity index (χ2n) is 5.19. The minimum atomic E-state index is -0.560. The van der Waals surface area contributed by atoms with E-state index in [1.54, 1.807) is 48.0 Å². The predicted molar refractivity (Wildman–Crippen MR) is 94.3 cm³/mol. The average Bonchev–Trinajstić information content (AvgIpc) is 3.09. The van der Waals surface area contributed by atoms with E-state index >= 15 is 0 Å². The fraction of sp³-hybridized carbons (Fsp3) is 0.111. The summed E-state index contributed by atoms with van der Waals surface area (Å²) in [7, 11) is 0. The molecule has 0 saturated heterocycles. The van der Waals surface area contributed by atoms with Gasteiger partial charge in [-0.2, -0.15) is 5.26 Å². The van der Waals surface area contributed by atoms with E-state index in [0.29, 0.717) is 17.7 Å². The van der Waals surface area contributed by atoms with Gasteiger partial charge in [-0.25, -0.2) is 9.78 Å². The van der Waals surface area contributed by atoms with Gasteiger partial charge in [0, 0.05) is 5.69 Å². The summed E-state index contributed by atoms with van der Waals surface area (Å²) >= 11 is 1.43. The molecule has 0 aliphatic carbocycles. The Labute approximate surface area is 147 Å². The van der Waals surface area contributed by atoms with Crippen molar-refractivity contribution in [2.45, 2.75) is 6.42 Å². The predicted octanol–water partition coefficient (Wildman–Crippen LogP) is 3.16. The van der Waals surface area contributed by atoms with E-state index in [0.717, 1.165) is 15.8 Å². The Hall–Kier alpha value is -3.24. The first kappa shape index (κ1) is 16.6. The van der Waals surface area contributed by atoms with Crippen LogP contribution in [0.2, 0.25) is 0 Å². The van der Waals surface area contributed by atoms with Crippen LogP contribution in [0.4, 0.5) is 5.69 Å². The number of hydrogen-bond donors (Lipinski definition) is 1. The number of rotatable bonds is 5. The van der Waals surface area contributed by atoms with Crippen LogP contribution >= 0.6 is 11.3 Å². The number of hydrogen-bond acceptors (Lipinski definition) is 6. The highest BCUT2D eigenvalue weighted by atomic mass is 32.1. The molecule has 1 N–H and O–H groups in total. The molecule has 0 atom stereocenters. The van der Waals surface area contributed by atoms with E-state index in [9.17, 15) is 9.59 Å². The molecule has 0 spiro atoms. The van der Waals surface area contributed by atoms with E-state index in [1.807, 2.05) is 0 Å². The third-order valence-electron chi connectivity index (χ3n) is 3.42. The number of esters is 1. The van der Waals surface area contributed by atoms with Crippen LogP contribution in [0.5, 0.6) is 0 Å². The lowest BCUT2D eigenvalue weighted by Gasteiger charge is -2.07. The molecule has 0 saturated carbocycles. The SMILES string of the molecule is N#CCc1ccc(NC(=O)COC(=O)c2ccc3ncsc3c2)cc1. The highest BCUT2D eigenvalue weighted by Gasteiger charge is 2.11. The maximum absolute atomic E-state index is 12.0. The summed E-state index contributed by atoms with van der Waals surface area (Å²) in [6, 6.07) is 14.0. The Morgan fingerprint density at radius 1 is 1.20 bits per heavy atom. The van der Waals surface area contributed by atoms with Gasteiger partial charge >= 0.3 is 5.97 Å². The lowest BCUT2D eigenvalue weighted by Crippen LogP contribution is -2.20. The van der Waals surface area contributed by atoms with Crippen LogP contribution in [0.15, 0.2) is 48.0 Å². The number of amides is 1. The summed E-state index contributed by atoms with van der Waals surface area (Å²) in [5.41, 5.74) is 4.35. The van der Waals surface area contributed by atoms with Crippen molar-refractivity contribution in [3.63, 3.8) is 0 Å². The van der Waals surface area contributed by atoms with Gasteiger partial charge in [-0.1, -0.05) is 12.1 Å². The fourth-order valence-electron chi connectivity index (χ4n) is 2.19. The van der Waals surface area contributed by atoms with Crippen molar-refractivity contribution in [3.05, 3.63) is 59.1 Å². The molecule has 3 aromatic rings. The summed E-state index contributed by atoms with van der Waals surface area (Å²) in [6.45, 7) is -0.375. The van der Waals surface area contributed by atoms with Gasteiger partial charge < -0.3 is 10.1 Å². The second kappa shape index (κ2) is 7.55. The van der Waals surface area contributed by atoms with Crippen molar-refractivity contribution in [2.75, 3.05) is 11.9 Å². The topological polar surface area (TPSA) is 92.1 Å². The zero-order chi connectivity index (χ0) is 17.6. The van der Waals surface area contributed by atoms with Crippen LogP contribution in [-0.2, 0) is 16.0 Å². The Bertz CT molecular complexity index is 958. The highest BCUT2D eigenvalue weighted by Crippen LogP contribution is 2.19. The van der Waals surface area contributed by atoms with Gasteiger partial charge in [0.15, 0.2) is 6.61 Å². The van der Waals surface area contributed by atoms with Crippen LogP contribution in [0.3, 0.4) is 0 Å². The molecule has 2 aromatic carbocycles. The smallest absolute Gasteiger partial charge is 0.338 e. The normalized spacial score (nSPS) is 10.2. The monoisotopic (exact) mass is 351 g/mol. The summed E-state index contributed by atoms with van der Waals surface area (Å²) in [6.07, 6.45) is 0.315. The van der Waals surface area contributed by atoms with Crippen molar-refractivity contribution in [1.29, 1.82) is 5.26 Å². The first-order valence-corrected chi connectivity index (χ1v) is 8.30. The number of nitrogens with zero attached hydrogens (tertiary/aromatic N) is 2. The molecule has 0 radical (unpaired) electrons. The van der Waals surface area contributed by atoms with Crippen LogP contribution in [0.25, 0.3) is 10.2 Å². The largest absolute Gasteiger partial charge is 0.452 e. The van der Waals surface area contributed by atoms with Gasteiger partial charge in [0.2, 0.25) is 0 Å². The van der Waals surface area contributed by atoms with Gasteiger partial charge in [0.1, 0.15) is 0 Å². The number of fused-ring (bicyclic) bond motifs is 1. The van der Waals surface area contributed by atoms with Crippen molar-refractivity contribution in [1.82, 2.24) is 4.98 Å². The molecule has 0 bridgehead atoms. The first-order valence-electron chi connectivity index (χ1n) is 7.42. The molecule has 25 heavy (non-hydrogen) atoms. The third-order valence-corrected chi connectivity index (χ3v) is 4.21. The van der Waals surface area contributed by atoms with Crippen LogP contribution in [0.1, 0.15) is 15.9 Å². The average molecular weight is 351 g/mol. The standard InChI is InChI=1S/C18H13N3O3S/c19-8-7-12-1-4-14(5-2-12)21-17(22)10-24-18(23)13-3-6-15-16(9-13)25-11-20-15/h1-6,9,11H,7,10H2,(H,21,22). The van der Waals surface area contributed by atoms with E-state index in [-0.39, 0.29) is 6.61 Å². The van der Waals surface area contributed by atoms with Gasteiger partial charge in [0.25, 0.3) is 5.91 Å². The van der Waals surface area contributed by atoms with Gasteiger partial charge in [-0.05, 0) is 35.9 Å². The Morgan fingerprint density at radius 3 is 2.76 bits per heavy atom. The molecule has 0 aliphatic rings. The van der Waals surface area contributed by atoms with E-state index in [1.165, 1.54) is 11.3 Å². The van der Waals surface area contributed by atoms with E-state index < -0.39 is 11.9 Å².